The molecule has 0 aliphatic heterocycles. The minimum atomic E-state index is -3.72. The maximum Gasteiger partial charge on any atom is 0.250 e. The lowest BCUT2D eigenvalue weighted by Gasteiger charge is -2.23. The predicted octanol–water partition coefficient (Wildman–Crippen LogP) is 1.61. The summed E-state index contributed by atoms with van der Waals surface area (Å²) in [7, 11) is -1.85. The molecule has 24 heavy (non-hydrogen) atoms. The van der Waals surface area contributed by atoms with Crippen LogP contribution >= 0.6 is 22.9 Å². The van der Waals surface area contributed by atoms with Crippen molar-refractivity contribution in [1.29, 1.82) is 0 Å². The Kier molecular flexibility index (Phi) is 4.95. The van der Waals surface area contributed by atoms with Crippen LogP contribution in [-0.2, 0) is 28.3 Å². The monoisotopic (exact) mass is 388 g/mol. The van der Waals surface area contributed by atoms with Gasteiger partial charge in [-0.1, -0.05) is 11.6 Å². The van der Waals surface area contributed by atoms with Gasteiger partial charge in [0.25, 0.3) is 10.0 Å². The third-order valence-corrected chi connectivity index (χ3v) is 7.07. The number of thiophene rings is 1. The lowest BCUT2D eigenvalue weighted by atomic mass is 9.93. The number of nitrogens with one attached hydrogen (secondary N) is 2. The van der Waals surface area contributed by atoms with E-state index in [9.17, 15) is 13.2 Å². The molecule has 0 bridgehead atoms. The number of carbonyl (C=O) groups excluding carboxylic acids is 1. The van der Waals surface area contributed by atoms with Crippen LogP contribution in [0.4, 0.5) is 0 Å². The average molecular weight is 389 g/mol. The molecular formula is C14H17ClN4O3S2. The number of hydrogen-bond donors (Lipinski definition) is 2. The standard InChI is InChI=1S/C14H17ClN4O3S2/c1-19-11-4-2-3-10(9(11)7-16-19)18-13(20)8-17-24(21,22)14-6-5-12(15)23-14/h5-7,10,17H,2-4,8H2,1H3,(H,18,20). The van der Waals surface area contributed by atoms with Gasteiger partial charge in [-0.2, -0.15) is 5.10 Å². The Morgan fingerprint density at radius 1 is 1.50 bits per heavy atom. The number of fused-ring (bicyclic) bond motifs is 1. The molecule has 10 heteroatoms. The summed E-state index contributed by atoms with van der Waals surface area (Å²) in [5.41, 5.74) is 2.12. The summed E-state index contributed by atoms with van der Waals surface area (Å²) in [6, 6.07) is 2.79. The summed E-state index contributed by atoms with van der Waals surface area (Å²) >= 11 is 6.69. The van der Waals surface area contributed by atoms with Crippen LogP contribution in [0.3, 0.4) is 0 Å². The van der Waals surface area contributed by atoms with Crippen molar-refractivity contribution in [2.75, 3.05) is 6.54 Å². The quantitative estimate of drug-likeness (QED) is 0.813. The van der Waals surface area contributed by atoms with Gasteiger partial charge in [0.1, 0.15) is 4.21 Å². The number of sulfonamides is 1. The molecule has 2 heterocycles. The van der Waals surface area contributed by atoms with Gasteiger partial charge in [0, 0.05) is 18.3 Å². The van der Waals surface area contributed by atoms with Gasteiger partial charge in [0.15, 0.2) is 0 Å². The highest BCUT2D eigenvalue weighted by atomic mass is 35.5. The van der Waals surface area contributed by atoms with Crippen LogP contribution < -0.4 is 10.0 Å². The summed E-state index contributed by atoms with van der Waals surface area (Å²) in [5, 5.41) is 7.10. The fourth-order valence-electron chi connectivity index (χ4n) is 2.78. The van der Waals surface area contributed by atoms with Crippen molar-refractivity contribution in [3.8, 4) is 0 Å². The van der Waals surface area contributed by atoms with E-state index in [1.165, 1.54) is 12.1 Å². The maximum atomic E-state index is 12.1. The molecule has 1 unspecified atom stereocenters. The summed E-state index contributed by atoms with van der Waals surface area (Å²) in [6.07, 6.45) is 4.47. The van der Waals surface area contributed by atoms with Gasteiger partial charge in [0.05, 0.1) is 23.1 Å². The largest absolute Gasteiger partial charge is 0.348 e. The van der Waals surface area contributed by atoms with Gasteiger partial charge in [-0.15, -0.1) is 11.3 Å². The highest BCUT2D eigenvalue weighted by molar-refractivity contribution is 7.91. The molecular weight excluding hydrogens is 372 g/mol. The molecule has 2 aromatic rings. The lowest BCUT2D eigenvalue weighted by Crippen LogP contribution is -2.39. The molecule has 0 aromatic carbocycles. The summed E-state index contributed by atoms with van der Waals surface area (Å²) in [6.45, 7) is -0.316. The van der Waals surface area contributed by atoms with E-state index in [1.807, 2.05) is 11.7 Å². The van der Waals surface area contributed by atoms with E-state index in [-0.39, 0.29) is 22.7 Å². The zero-order valence-electron chi connectivity index (χ0n) is 13.0. The zero-order chi connectivity index (χ0) is 17.3. The first-order valence-electron chi connectivity index (χ1n) is 7.42. The van der Waals surface area contributed by atoms with Crippen molar-refractivity contribution < 1.29 is 13.2 Å². The Morgan fingerprint density at radius 3 is 3.00 bits per heavy atom. The van der Waals surface area contributed by atoms with E-state index >= 15 is 0 Å². The summed E-state index contributed by atoms with van der Waals surface area (Å²) < 4.78 is 28.8. The smallest absolute Gasteiger partial charge is 0.250 e. The number of aryl methyl sites for hydroxylation is 1. The molecule has 1 atom stereocenters. The topological polar surface area (TPSA) is 93.1 Å². The van der Waals surface area contributed by atoms with Gasteiger partial charge >= 0.3 is 0 Å². The number of nitrogens with zero attached hydrogens (tertiary/aromatic N) is 2. The van der Waals surface area contributed by atoms with Gasteiger partial charge in [-0.25, -0.2) is 13.1 Å². The minimum Gasteiger partial charge on any atom is -0.348 e. The SMILES string of the molecule is Cn1ncc2c1CCCC2NC(=O)CNS(=O)(=O)c1ccc(Cl)s1. The van der Waals surface area contributed by atoms with Crippen molar-refractivity contribution in [1.82, 2.24) is 19.8 Å². The van der Waals surface area contributed by atoms with Crippen molar-refractivity contribution in [3.63, 3.8) is 0 Å². The Hall–Kier alpha value is -1.42. The van der Waals surface area contributed by atoms with Crippen LogP contribution in [0, 0.1) is 0 Å². The number of carbonyl (C=O) groups is 1. The second-order valence-electron chi connectivity index (χ2n) is 5.57. The van der Waals surface area contributed by atoms with Crippen LogP contribution in [0.15, 0.2) is 22.5 Å². The van der Waals surface area contributed by atoms with Gasteiger partial charge in [0.2, 0.25) is 5.91 Å². The van der Waals surface area contributed by atoms with Gasteiger partial charge < -0.3 is 5.32 Å². The molecule has 130 valence electrons. The third kappa shape index (κ3) is 3.64. The van der Waals surface area contributed by atoms with Crippen LogP contribution in [-0.4, -0.2) is 30.7 Å². The average Bonchev–Trinajstić information content (AvgIpc) is 3.13. The molecule has 3 rings (SSSR count). The van der Waals surface area contributed by atoms with E-state index in [2.05, 4.69) is 15.1 Å². The number of halogens is 1. The lowest BCUT2D eigenvalue weighted by molar-refractivity contribution is -0.120. The predicted molar refractivity (Wildman–Crippen MR) is 91.5 cm³/mol. The molecule has 1 aliphatic carbocycles. The highest BCUT2D eigenvalue weighted by Gasteiger charge is 2.25. The summed E-state index contributed by atoms with van der Waals surface area (Å²) in [4.78, 5) is 12.1. The van der Waals surface area contributed by atoms with Gasteiger partial charge in [-0.05, 0) is 31.4 Å². The van der Waals surface area contributed by atoms with E-state index < -0.39 is 10.0 Å². The highest BCUT2D eigenvalue weighted by Crippen LogP contribution is 2.29. The Bertz CT molecular complexity index is 859. The number of aromatic nitrogens is 2. The van der Waals surface area contributed by atoms with Gasteiger partial charge in [-0.3, -0.25) is 9.48 Å². The molecule has 0 fully saturated rings. The van der Waals surface area contributed by atoms with Crippen molar-refractivity contribution in [2.45, 2.75) is 29.5 Å². The van der Waals surface area contributed by atoms with E-state index in [0.29, 0.717) is 4.34 Å². The maximum absolute atomic E-state index is 12.1. The number of amides is 1. The molecule has 0 saturated carbocycles. The number of rotatable bonds is 5. The van der Waals surface area contributed by atoms with E-state index in [0.717, 1.165) is 41.9 Å². The molecule has 7 nitrogen and oxygen atoms in total. The fraction of sp³-hybridized carbons (Fsp3) is 0.429. The van der Waals surface area contributed by atoms with E-state index in [4.69, 9.17) is 11.6 Å². The Balaban J connectivity index is 1.61. The van der Waals surface area contributed by atoms with E-state index in [1.54, 1.807) is 6.20 Å². The van der Waals surface area contributed by atoms with Crippen LogP contribution in [0.2, 0.25) is 4.34 Å². The normalized spacial score (nSPS) is 17.5. The first kappa shape index (κ1) is 17.4. The first-order valence-corrected chi connectivity index (χ1v) is 10.1. The second kappa shape index (κ2) is 6.83. The van der Waals surface area contributed by atoms with Crippen LogP contribution in [0.1, 0.15) is 30.1 Å². The molecule has 0 saturated heterocycles. The second-order valence-corrected chi connectivity index (χ2v) is 9.27. The molecule has 2 aromatic heterocycles. The van der Waals surface area contributed by atoms with Crippen molar-refractivity contribution in [2.24, 2.45) is 7.05 Å². The summed E-state index contributed by atoms with van der Waals surface area (Å²) in [5.74, 6) is -0.372. The van der Waals surface area contributed by atoms with Crippen molar-refractivity contribution >= 4 is 38.9 Å². The molecule has 2 N–H and O–H groups in total. The van der Waals surface area contributed by atoms with Crippen molar-refractivity contribution in [3.05, 3.63) is 33.9 Å². The molecule has 0 radical (unpaired) electrons. The Labute approximate surface area is 149 Å². The number of hydrogen-bond acceptors (Lipinski definition) is 5. The van der Waals surface area contributed by atoms with Crippen LogP contribution in [0.25, 0.3) is 0 Å². The molecule has 1 amide bonds. The first-order chi connectivity index (χ1) is 11.4. The zero-order valence-corrected chi connectivity index (χ0v) is 15.3. The fourth-order valence-corrected chi connectivity index (χ4v) is 5.28. The third-order valence-electron chi connectivity index (χ3n) is 3.95. The molecule has 0 spiro atoms. The van der Waals surface area contributed by atoms with Crippen LogP contribution in [0.5, 0.6) is 0 Å². The molecule has 1 aliphatic rings. The minimum absolute atomic E-state index is 0.0903. The Morgan fingerprint density at radius 2 is 2.29 bits per heavy atom.